The first kappa shape index (κ1) is 11.2. The maximum atomic E-state index is 11.5. The van der Waals surface area contributed by atoms with Crippen molar-refractivity contribution in [3.8, 4) is 11.1 Å². The van der Waals surface area contributed by atoms with Gasteiger partial charge in [-0.3, -0.25) is 9.48 Å². The summed E-state index contributed by atoms with van der Waals surface area (Å²) in [6, 6.07) is 6.19. The minimum absolute atomic E-state index is 0.00628. The first-order valence-electron chi connectivity index (χ1n) is 6.41. The SMILES string of the molecule is Cn1cc(-c2ccc3cnc4c(c3c2)CC(=O)N4)cn1. The largest absolute Gasteiger partial charge is 0.310 e. The van der Waals surface area contributed by atoms with Gasteiger partial charge in [-0.2, -0.15) is 5.10 Å². The van der Waals surface area contributed by atoms with Crippen molar-refractivity contribution in [1.29, 1.82) is 0 Å². The quantitative estimate of drug-likeness (QED) is 0.732. The number of fused-ring (bicyclic) bond motifs is 3. The van der Waals surface area contributed by atoms with Crippen molar-refractivity contribution in [2.24, 2.45) is 7.05 Å². The van der Waals surface area contributed by atoms with Gasteiger partial charge in [0.25, 0.3) is 0 Å². The Bertz CT molecular complexity index is 850. The first-order chi connectivity index (χ1) is 9.70. The fraction of sp³-hybridized carbons (Fsp3) is 0.133. The summed E-state index contributed by atoms with van der Waals surface area (Å²) in [6.07, 6.45) is 6.01. The van der Waals surface area contributed by atoms with E-state index in [1.807, 2.05) is 25.5 Å². The number of nitrogens with zero attached hydrogens (tertiary/aromatic N) is 3. The minimum Gasteiger partial charge on any atom is -0.310 e. The van der Waals surface area contributed by atoms with E-state index in [4.69, 9.17) is 0 Å². The van der Waals surface area contributed by atoms with Crippen LogP contribution in [0.1, 0.15) is 5.56 Å². The van der Waals surface area contributed by atoms with Gasteiger partial charge in [-0.15, -0.1) is 0 Å². The highest BCUT2D eigenvalue weighted by atomic mass is 16.1. The predicted octanol–water partition coefficient (Wildman–Crippen LogP) is 2.13. The molecule has 0 fully saturated rings. The van der Waals surface area contributed by atoms with E-state index in [0.29, 0.717) is 12.2 Å². The summed E-state index contributed by atoms with van der Waals surface area (Å²) >= 11 is 0. The highest BCUT2D eigenvalue weighted by Gasteiger charge is 2.21. The lowest BCUT2D eigenvalue weighted by molar-refractivity contribution is -0.115. The highest BCUT2D eigenvalue weighted by Crippen LogP contribution is 2.31. The number of hydrogen-bond acceptors (Lipinski definition) is 3. The molecular formula is C15H12N4O. The zero-order chi connectivity index (χ0) is 13.7. The van der Waals surface area contributed by atoms with E-state index in [1.165, 1.54) is 0 Å². The molecule has 0 spiro atoms. The van der Waals surface area contributed by atoms with Crippen LogP contribution in [0, 0.1) is 0 Å². The summed E-state index contributed by atoms with van der Waals surface area (Å²) in [4.78, 5) is 15.8. The molecule has 5 heteroatoms. The van der Waals surface area contributed by atoms with Crippen molar-refractivity contribution < 1.29 is 4.79 Å². The Morgan fingerprint density at radius 2 is 2.15 bits per heavy atom. The molecule has 0 saturated heterocycles. The molecule has 0 radical (unpaired) electrons. The van der Waals surface area contributed by atoms with Crippen LogP contribution in [-0.4, -0.2) is 20.7 Å². The lowest BCUT2D eigenvalue weighted by atomic mass is 10.0. The van der Waals surface area contributed by atoms with Crippen molar-refractivity contribution in [1.82, 2.24) is 14.8 Å². The number of anilines is 1. The van der Waals surface area contributed by atoms with Crippen molar-refractivity contribution in [3.05, 3.63) is 42.4 Å². The molecule has 0 atom stereocenters. The standard InChI is InChI=1S/C15H12N4O/c1-19-8-11(7-17-19)9-2-3-10-6-16-15-13(12(10)4-9)5-14(20)18-15/h2-4,6-8H,5H2,1H3,(H,16,18,20). The number of amides is 1. The molecule has 20 heavy (non-hydrogen) atoms. The molecule has 1 amide bonds. The van der Waals surface area contributed by atoms with Crippen LogP contribution in [0.4, 0.5) is 5.82 Å². The third-order valence-corrected chi connectivity index (χ3v) is 3.63. The second-order valence-corrected chi connectivity index (χ2v) is 5.02. The first-order valence-corrected chi connectivity index (χ1v) is 6.41. The molecule has 0 bridgehead atoms. The second kappa shape index (κ2) is 3.90. The summed E-state index contributed by atoms with van der Waals surface area (Å²) in [6.45, 7) is 0. The van der Waals surface area contributed by atoms with E-state index in [2.05, 4.69) is 27.5 Å². The van der Waals surface area contributed by atoms with Crippen LogP contribution in [0.25, 0.3) is 21.9 Å². The van der Waals surface area contributed by atoms with E-state index in [-0.39, 0.29) is 5.91 Å². The molecular weight excluding hydrogens is 252 g/mol. The van der Waals surface area contributed by atoms with Gasteiger partial charge in [0.2, 0.25) is 5.91 Å². The number of hydrogen-bond donors (Lipinski definition) is 1. The number of rotatable bonds is 1. The third-order valence-electron chi connectivity index (χ3n) is 3.63. The number of nitrogens with one attached hydrogen (secondary N) is 1. The van der Waals surface area contributed by atoms with Crippen LogP contribution in [0.5, 0.6) is 0 Å². The average Bonchev–Trinajstić information content (AvgIpc) is 3.03. The lowest BCUT2D eigenvalue weighted by Crippen LogP contribution is -2.04. The lowest BCUT2D eigenvalue weighted by Gasteiger charge is -2.05. The van der Waals surface area contributed by atoms with Crippen molar-refractivity contribution >= 4 is 22.5 Å². The molecule has 4 rings (SSSR count). The summed E-state index contributed by atoms with van der Waals surface area (Å²) in [5.41, 5.74) is 3.15. The van der Waals surface area contributed by atoms with Crippen molar-refractivity contribution in [2.45, 2.75) is 6.42 Å². The van der Waals surface area contributed by atoms with E-state index in [9.17, 15) is 4.79 Å². The molecule has 0 unspecified atom stereocenters. The second-order valence-electron chi connectivity index (χ2n) is 5.02. The van der Waals surface area contributed by atoms with Gasteiger partial charge in [0.05, 0.1) is 12.6 Å². The molecule has 3 heterocycles. The molecule has 98 valence electrons. The summed E-state index contributed by atoms with van der Waals surface area (Å²) in [5, 5.41) is 9.11. The molecule has 5 nitrogen and oxygen atoms in total. The normalized spacial score (nSPS) is 13.6. The van der Waals surface area contributed by atoms with Crippen LogP contribution < -0.4 is 5.32 Å². The monoisotopic (exact) mass is 264 g/mol. The van der Waals surface area contributed by atoms with Crippen LogP contribution in [-0.2, 0) is 18.3 Å². The Hall–Kier alpha value is -2.69. The molecule has 1 aliphatic heterocycles. The highest BCUT2D eigenvalue weighted by molar-refractivity contribution is 6.05. The number of carbonyl (C=O) groups is 1. The van der Waals surface area contributed by atoms with Crippen LogP contribution >= 0.6 is 0 Å². The van der Waals surface area contributed by atoms with Crippen LogP contribution in [0.2, 0.25) is 0 Å². The van der Waals surface area contributed by atoms with Crippen LogP contribution in [0.3, 0.4) is 0 Å². The van der Waals surface area contributed by atoms with E-state index >= 15 is 0 Å². The van der Waals surface area contributed by atoms with Crippen molar-refractivity contribution in [3.63, 3.8) is 0 Å². The zero-order valence-corrected chi connectivity index (χ0v) is 10.9. The van der Waals surface area contributed by atoms with E-state index in [0.717, 1.165) is 27.5 Å². The fourth-order valence-corrected chi connectivity index (χ4v) is 2.64. The minimum atomic E-state index is 0.00628. The zero-order valence-electron chi connectivity index (χ0n) is 10.9. The van der Waals surface area contributed by atoms with Gasteiger partial charge in [0.15, 0.2) is 0 Å². The van der Waals surface area contributed by atoms with Gasteiger partial charge in [-0.1, -0.05) is 12.1 Å². The molecule has 0 saturated carbocycles. The number of carbonyl (C=O) groups excluding carboxylic acids is 1. The summed E-state index contributed by atoms with van der Waals surface area (Å²) in [5.74, 6) is 0.692. The maximum absolute atomic E-state index is 11.5. The Labute approximate surface area is 115 Å². The molecule has 0 aliphatic carbocycles. The smallest absolute Gasteiger partial charge is 0.230 e. The van der Waals surface area contributed by atoms with Gasteiger partial charge in [0.1, 0.15) is 5.82 Å². The molecule has 2 aromatic heterocycles. The average molecular weight is 264 g/mol. The predicted molar refractivity (Wildman–Crippen MR) is 76.3 cm³/mol. The third kappa shape index (κ3) is 1.60. The number of aryl methyl sites for hydroxylation is 1. The molecule has 3 aromatic rings. The number of aromatic nitrogens is 3. The molecule has 1 aromatic carbocycles. The summed E-state index contributed by atoms with van der Waals surface area (Å²) in [7, 11) is 1.90. The Morgan fingerprint density at radius 1 is 1.25 bits per heavy atom. The van der Waals surface area contributed by atoms with Gasteiger partial charge < -0.3 is 5.32 Å². The van der Waals surface area contributed by atoms with E-state index in [1.54, 1.807) is 10.9 Å². The summed E-state index contributed by atoms with van der Waals surface area (Å²) < 4.78 is 1.78. The maximum Gasteiger partial charge on any atom is 0.230 e. The topological polar surface area (TPSA) is 59.8 Å². The van der Waals surface area contributed by atoms with Crippen molar-refractivity contribution in [2.75, 3.05) is 5.32 Å². The Kier molecular flexibility index (Phi) is 2.18. The number of benzene rings is 1. The number of pyridine rings is 1. The molecule has 1 N–H and O–H groups in total. The van der Waals surface area contributed by atoms with Gasteiger partial charge in [-0.25, -0.2) is 4.98 Å². The van der Waals surface area contributed by atoms with Gasteiger partial charge in [0, 0.05) is 36.0 Å². The fourth-order valence-electron chi connectivity index (χ4n) is 2.64. The molecule has 1 aliphatic rings. The van der Waals surface area contributed by atoms with E-state index < -0.39 is 0 Å². The van der Waals surface area contributed by atoms with Gasteiger partial charge >= 0.3 is 0 Å². The van der Waals surface area contributed by atoms with Crippen LogP contribution in [0.15, 0.2) is 36.8 Å². The van der Waals surface area contributed by atoms with Gasteiger partial charge in [-0.05, 0) is 17.0 Å². The Balaban J connectivity index is 1.95. The Morgan fingerprint density at radius 3 is 2.95 bits per heavy atom.